The molecule has 112 valence electrons. The number of benzene rings is 1. The van der Waals surface area contributed by atoms with Gasteiger partial charge in [0.05, 0.1) is 5.56 Å². The maximum Gasteiger partial charge on any atom is 0.335 e. The molecule has 0 amide bonds. The van der Waals surface area contributed by atoms with Crippen molar-refractivity contribution in [2.24, 2.45) is 0 Å². The lowest BCUT2D eigenvalue weighted by Crippen LogP contribution is -2.27. The van der Waals surface area contributed by atoms with E-state index in [0.29, 0.717) is 5.56 Å². The summed E-state index contributed by atoms with van der Waals surface area (Å²) in [6.07, 6.45) is 1.13. The number of carbonyl (C=O) groups is 1. The van der Waals surface area contributed by atoms with Gasteiger partial charge in [0.25, 0.3) is 0 Å². The Morgan fingerprint density at radius 1 is 1.30 bits per heavy atom. The van der Waals surface area contributed by atoms with Gasteiger partial charge in [-0.15, -0.1) is 0 Å². The van der Waals surface area contributed by atoms with Crippen LogP contribution in [-0.4, -0.2) is 54.6 Å². The van der Waals surface area contributed by atoms with E-state index in [2.05, 4.69) is 46.7 Å². The molecule has 0 heterocycles. The predicted molar refractivity (Wildman–Crippen MR) is 85.2 cm³/mol. The Hall–Kier alpha value is -0.910. The van der Waals surface area contributed by atoms with Crippen LogP contribution in [-0.2, 0) is 6.54 Å². The molecule has 0 unspecified atom stereocenters. The van der Waals surface area contributed by atoms with E-state index in [9.17, 15) is 4.79 Å². The van der Waals surface area contributed by atoms with E-state index in [-0.39, 0.29) is 0 Å². The summed E-state index contributed by atoms with van der Waals surface area (Å²) in [4.78, 5) is 15.5. The minimum Gasteiger partial charge on any atom is -0.478 e. The Bertz CT molecular complexity index is 449. The summed E-state index contributed by atoms with van der Waals surface area (Å²) in [5.41, 5.74) is 1.44. The van der Waals surface area contributed by atoms with Gasteiger partial charge < -0.3 is 10.0 Å². The van der Waals surface area contributed by atoms with Gasteiger partial charge in [0.2, 0.25) is 0 Å². The van der Waals surface area contributed by atoms with E-state index in [0.717, 1.165) is 42.6 Å². The molecule has 0 aromatic heterocycles. The van der Waals surface area contributed by atoms with Crippen LogP contribution in [0.25, 0.3) is 0 Å². The van der Waals surface area contributed by atoms with E-state index >= 15 is 0 Å². The third-order valence-electron chi connectivity index (χ3n) is 3.22. The zero-order valence-corrected chi connectivity index (χ0v) is 14.0. The highest BCUT2D eigenvalue weighted by molar-refractivity contribution is 9.10. The van der Waals surface area contributed by atoms with Crippen molar-refractivity contribution in [3.8, 4) is 0 Å². The van der Waals surface area contributed by atoms with E-state index in [4.69, 9.17) is 5.11 Å². The van der Waals surface area contributed by atoms with Gasteiger partial charge in [-0.1, -0.05) is 28.9 Å². The van der Waals surface area contributed by atoms with Crippen LogP contribution in [0.2, 0.25) is 0 Å². The fraction of sp³-hybridized carbons (Fsp3) is 0.533. The molecule has 0 aliphatic carbocycles. The number of rotatable bonds is 8. The quantitative estimate of drug-likeness (QED) is 0.788. The van der Waals surface area contributed by atoms with Crippen LogP contribution in [0.4, 0.5) is 0 Å². The van der Waals surface area contributed by atoms with Gasteiger partial charge in [0.15, 0.2) is 0 Å². The predicted octanol–water partition coefficient (Wildman–Crippen LogP) is 2.92. The smallest absolute Gasteiger partial charge is 0.335 e. The van der Waals surface area contributed by atoms with E-state index in [1.807, 2.05) is 6.07 Å². The van der Waals surface area contributed by atoms with Crippen LogP contribution in [0.5, 0.6) is 0 Å². The third kappa shape index (κ3) is 5.61. The highest BCUT2D eigenvalue weighted by atomic mass is 79.9. The van der Waals surface area contributed by atoms with Crippen LogP contribution in [0.1, 0.15) is 29.3 Å². The van der Waals surface area contributed by atoms with Crippen LogP contribution in [0, 0.1) is 0 Å². The summed E-state index contributed by atoms with van der Waals surface area (Å²) in [5.74, 6) is -0.893. The average molecular weight is 343 g/mol. The van der Waals surface area contributed by atoms with Crippen molar-refractivity contribution in [2.75, 3.05) is 33.7 Å². The molecule has 0 spiro atoms. The maximum absolute atomic E-state index is 10.9. The van der Waals surface area contributed by atoms with Crippen molar-refractivity contribution in [3.63, 3.8) is 0 Å². The van der Waals surface area contributed by atoms with Crippen molar-refractivity contribution < 1.29 is 9.90 Å². The Labute approximate surface area is 129 Å². The molecular formula is C15H23BrN2O2. The normalized spacial score (nSPS) is 11.3. The standard InChI is InChI=1S/C15H23BrN2O2/c1-4-18(9-5-8-17(2)3)11-13-7-6-12(15(19)20)10-14(13)16/h6-7,10H,4-5,8-9,11H2,1-3H3,(H,19,20). The molecule has 0 atom stereocenters. The Morgan fingerprint density at radius 3 is 2.50 bits per heavy atom. The molecular weight excluding hydrogens is 320 g/mol. The van der Waals surface area contributed by atoms with Crippen molar-refractivity contribution in [3.05, 3.63) is 33.8 Å². The second kappa shape index (κ2) is 8.39. The minimum absolute atomic E-state index is 0.316. The summed E-state index contributed by atoms with van der Waals surface area (Å²) in [7, 11) is 4.16. The Morgan fingerprint density at radius 2 is 2.00 bits per heavy atom. The number of hydrogen-bond donors (Lipinski definition) is 1. The van der Waals surface area contributed by atoms with E-state index in [1.54, 1.807) is 12.1 Å². The van der Waals surface area contributed by atoms with Gasteiger partial charge in [-0.3, -0.25) is 4.90 Å². The van der Waals surface area contributed by atoms with Gasteiger partial charge in [-0.05, 0) is 57.8 Å². The molecule has 20 heavy (non-hydrogen) atoms. The highest BCUT2D eigenvalue weighted by Gasteiger charge is 2.10. The molecule has 1 N–H and O–H groups in total. The van der Waals surface area contributed by atoms with Crippen LogP contribution in [0.15, 0.2) is 22.7 Å². The SMILES string of the molecule is CCN(CCCN(C)C)Cc1ccc(C(=O)O)cc1Br. The van der Waals surface area contributed by atoms with E-state index < -0.39 is 5.97 Å². The number of aromatic carboxylic acids is 1. The first-order valence-corrected chi connectivity index (χ1v) is 7.62. The summed E-state index contributed by atoms with van der Waals surface area (Å²) in [6.45, 7) is 6.09. The highest BCUT2D eigenvalue weighted by Crippen LogP contribution is 2.20. The van der Waals surface area contributed by atoms with Crippen LogP contribution in [0.3, 0.4) is 0 Å². The number of carboxylic acids is 1. The summed E-state index contributed by atoms with van der Waals surface area (Å²) < 4.78 is 0.864. The van der Waals surface area contributed by atoms with Crippen LogP contribution >= 0.6 is 15.9 Å². The fourth-order valence-corrected chi connectivity index (χ4v) is 2.51. The van der Waals surface area contributed by atoms with Crippen molar-refractivity contribution >= 4 is 21.9 Å². The molecule has 0 radical (unpaired) electrons. The molecule has 0 saturated carbocycles. The molecule has 1 aromatic rings. The van der Waals surface area contributed by atoms with Crippen molar-refractivity contribution in [1.82, 2.24) is 9.80 Å². The van der Waals surface area contributed by atoms with Gasteiger partial charge >= 0.3 is 5.97 Å². The zero-order chi connectivity index (χ0) is 15.1. The number of hydrogen-bond acceptors (Lipinski definition) is 3. The molecule has 5 heteroatoms. The first-order chi connectivity index (χ1) is 9.43. The fourth-order valence-electron chi connectivity index (χ4n) is 2.01. The van der Waals surface area contributed by atoms with Gasteiger partial charge in [0.1, 0.15) is 0 Å². The molecule has 0 fully saturated rings. The molecule has 0 saturated heterocycles. The first kappa shape index (κ1) is 17.1. The molecule has 0 aliphatic rings. The second-order valence-corrected chi connectivity index (χ2v) is 5.99. The number of nitrogens with zero attached hydrogens (tertiary/aromatic N) is 2. The topological polar surface area (TPSA) is 43.8 Å². The lowest BCUT2D eigenvalue weighted by Gasteiger charge is -2.22. The summed E-state index contributed by atoms with van der Waals surface area (Å²) in [6, 6.07) is 5.23. The minimum atomic E-state index is -0.893. The average Bonchev–Trinajstić information content (AvgIpc) is 2.38. The van der Waals surface area contributed by atoms with Crippen molar-refractivity contribution in [2.45, 2.75) is 19.9 Å². The molecule has 1 rings (SSSR count). The lowest BCUT2D eigenvalue weighted by atomic mass is 10.1. The van der Waals surface area contributed by atoms with Gasteiger partial charge in [-0.2, -0.15) is 0 Å². The van der Waals surface area contributed by atoms with Crippen molar-refractivity contribution in [1.29, 1.82) is 0 Å². The van der Waals surface area contributed by atoms with Crippen LogP contribution < -0.4 is 0 Å². The van der Waals surface area contributed by atoms with Gasteiger partial charge in [-0.25, -0.2) is 4.79 Å². The third-order valence-corrected chi connectivity index (χ3v) is 3.96. The maximum atomic E-state index is 10.9. The lowest BCUT2D eigenvalue weighted by molar-refractivity contribution is 0.0697. The molecule has 1 aromatic carbocycles. The molecule has 0 bridgehead atoms. The monoisotopic (exact) mass is 342 g/mol. The Balaban J connectivity index is 2.63. The summed E-state index contributed by atoms with van der Waals surface area (Å²) >= 11 is 3.47. The Kier molecular flexibility index (Phi) is 7.19. The molecule has 0 aliphatic heterocycles. The second-order valence-electron chi connectivity index (χ2n) is 5.14. The van der Waals surface area contributed by atoms with E-state index in [1.165, 1.54) is 0 Å². The largest absolute Gasteiger partial charge is 0.478 e. The number of halogens is 1. The first-order valence-electron chi connectivity index (χ1n) is 6.82. The van der Waals surface area contributed by atoms with Gasteiger partial charge in [0, 0.05) is 11.0 Å². The zero-order valence-electron chi connectivity index (χ0n) is 12.4. The summed E-state index contributed by atoms with van der Waals surface area (Å²) in [5, 5.41) is 8.96. The number of carboxylic acid groups (broad SMARTS) is 1. The molecule has 4 nitrogen and oxygen atoms in total.